The molecule has 0 aliphatic carbocycles. The van der Waals surface area contributed by atoms with Crippen molar-refractivity contribution in [2.75, 3.05) is 18.0 Å². The van der Waals surface area contributed by atoms with Crippen LogP contribution >= 0.6 is 0 Å². The van der Waals surface area contributed by atoms with Crippen LogP contribution in [0.2, 0.25) is 0 Å². The lowest BCUT2D eigenvalue weighted by Crippen LogP contribution is -2.51. The number of nitrogens with one attached hydrogen (secondary N) is 1. The Morgan fingerprint density at radius 3 is 2.90 bits per heavy atom. The van der Waals surface area contributed by atoms with Crippen LogP contribution in [0.5, 0.6) is 0 Å². The lowest BCUT2D eigenvalue weighted by molar-refractivity contribution is -0.385. The number of carbonyl (C=O) groups is 1. The van der Waals surface area contributed by atoms with Gasteiger partial charge in [0.15, 0.2) is 0 Å². The number of nitro groups is 1. The summed E-state index contributed by atoms with van der Waals surface area (Å²) in [5.41, 5.74) is 1.26. The molecule has 1 aromatic carbocycles. The number of benzene rings is 1. The fourth-order valence-corrected chi connectivity index (χ4v) is 2.72. The van der Waals surface area contributed by atoms with Crippen molar-refractivity contribution in [3.05, 3.63) is 33.9 Å². The highest BCUT2D eigenvalue weighted by Gasteiger charge is 2.31. The van der Waals surface area contributed by atoms with Crippen molar-refractivity contribution in [3.63, 3.8) is 0 Å². The Balaban J connectivity index is 2.27. The van der Waals surface area contributed by atoms with E-state index in [1.54, 1.807) is 24.0 Å². The second-order valence-corrected chi connectivity index (χ2v) is 5.32. The largest absolute Gasteiger partial charge is 0.311 e. The molecule has 1 aromatic rings. The van der Waals surface area contributed by atoms with Crippen LogP contribution in [-0.4, -0.2) is 30.0 Å². The Hall–Kier alpha value is -1.95. The van der Waals surface area contributed by atoms with Crippen LogP contribution in [0.25, 0.3) is 0 Å². The summed E-state index contributed by atoms with van der Waals surface area (Å²) < 4.78 is 0. The lowest BCUT2D eigenvalue weighted by Gasteiger charge is -2.33. The van der Waals surface area contributed by atoms with E-state index >= 15 is 0 Å². The van der Waals surface area contributed by atoms with Crippen molar-refractivity contribution in [2.45, 2.75) is 39.2 Å². The average molecular weight is 291 g/mol. The molecule has 1 atom stereocenters. The van der Waals surface area contributed by atoms with E-state index in [1.165, 1.54) is 6.07 Å². The molecule has 0 bridgehead atoms. The van der Waals surface area contributed by atoms with Gasteiger partial charge in [-0.15, -0.1) is 0 Å². The van der Waals surface area contributed by atoms with Crippen molar-refractivity contribution < 1.29 is 9.72 Å². The van der Waals surface area contributed by atoms with E-state index in [1.807, 2.05) is 0 Å². The highest BCUT2D eigenvalue weighted by Crippen LogP contribution is 2.30. The van der Waals surface area contributed by atoms with Crippen molar-refractivity contribution in [2.24, 2.45) is 0 Å². The van der Waals surface area contributed by atoms with E-state index in [-0.39, 0.29) is 17.6 Å². The second-order valence-electron chi connectivity index (χ2n) is 5.32. The zero-order valence-corrected chi connectivity index (χ0v) is 12.5. The van der Waals surface area contributed by atoms with Gasteiger partial charge in [-0.2, -0.15) is 0 Å². The Kier molecular flexibility index (Phi) is 4.90. The molecule has 6 heteroatoms. The van der Waals surface area contributed by atoms with Crippen LogP contribution < -0.4 is 10.2 Å². The maximum atomic E-state index is 12.6. The third-order valence-corrected chi connectivity index (χ3v) is 3.84. The molecule has 114 valence electrons. The average Bonchev–Trinajstić information content (AvgIpc) is 2.46. The van der Waals surface area contributed by atoms with Crippen LogP contribution in [-0.2, 0) is 4.79 Å². The van der Waals surface area contributed by atoms with Crippen molar-refractivity contribution in [1.29, 1.82) is 0 Å². The molecule has 1 aliphatic rings. The molecule has 6 nitrogen and oxygen atoms in total. The molecule has 0 aromatic heterocycles. The fourth-order valence-electron chi connectivity index (χ4n) is 2.72. The SMILES string of the molecule is CCCNC1CCCN(c2cccc([N+](=O)[O-])c2C)C1=O. The first kappa shape index (κ1) is 15.4. The van der Waals surface area contributed by atoms with Crippen molar-refractivity contribution in [1.82, 2.24) is 5.32 Å². The molecule has 21 heavy (non-hydrogen) atoms. The summed E-state index contributed by atoms with van der Waals surface area (Å²) in [6.45, 7) is 5.18. The minimum absolute atomic E-state index is 0.0123. The van der Waals surface area contributed by atoms with Gasteiger partial charge in [0.1, 0.15) is 0 Å². The van der Waals surface area contributed by atoms with Crippen LogP contribution in [0.3, 0.4) is 0 Å². The zero-order chi connectivity index (χ0) is 15.4. The summed E-state index contributed by atoms with van der Waals surface area (Å²) in [6.07, 6.45) is 2.69. The first-order valence-electron chi connectivity index (χ1n) is 7.35. The maximum absolute atomic E-state index is 12.6. The molecule has 0 radical (unpaired) electrons. The highest BCUT2D eigenvalue weighted by molar-refractivity contribution is 5.99. The molecular weight excluding hydrogens is 270 g/mol. The predicted octanol–water partition coefficient (Wildman–Crippen LogP) is 2.40. The van der Waals surface area contributed by atoms with Crippen LogP contribution in [0, 0.1) is 17.0 Å². The van der Waals surface area contributed by atoms with Gasteiger partial charge in [-0.3, -0.25) is 14.9 Å². The molecule has 0 spiro atoms. The van der Waals surface area contributed by atoms with Gasteiger partial charge in [0.2, 0.25) is 5.91 Å². The number of nitrogens with zero attached hydrogens (tertiary/aromatic N) is 2. The van der Waals surface area contributed by atoms with E-state index in [0.29, 0.717) is 17.8 Å². The van der Waals surface area contributed by atoms with Crippen molar-refractivity contribution >= 4 is 17.3 Å². The van der Waals surface area contributed by atoms with Gasteiger partial charge in [0.05, 0.1) is 22.2 Å². The highest BCUT2D eigenvalue weighted by atomic mass is 16.6. The molecule has 1 unspecified atom stereocenters. The Morgan fingerprint density at radius 2 is 2.24 bits per heavy atom. The monoisotopic (exact) mass is 291 g/mol. The molecule has 1 amide bonds. The molecule has 1 aliphatic heterocycles. The number of amides is 1. The van der Waals surface area contributed by atoms with Gasteiger partial charge in [0.25, 0.3) is 5.69 Å². The number of piperidine rings is 1. The third kappa shape index (κ3) is 3.21. The molecule has 1 N–H and O–H groups in total. The van der Waals surface area contributed by atoms with Gasteiger partial charge in [0, 0.05) is 12.6 Å². The minimum Gasteiger partial charge on any atom is -0.311 e. The summed E-state index contributed by atoms with van der Waals surface area (Å²) in [7, 11) is 0. The maximum Gasteiger partial charge on any atom is 0.274 e. The number of hydrogen-bond donors (Lipinski definition) is 1. The molecule has 1 saturated heterocycles. The normalized spacial score (nSPS) is 18.9. The molecule has 1 heterocycles. The number of rotatable bonds is 5. The molecule has 2 rings (SSSR count). The van der Waals surface area contributed by atoms with Crippen LogP contribution in [0.1, 0.15) is 31.7 Å². The Morgan fingerprint density at radius 1 is 1.48 bits per heavy atom. The van der Waals surface area contributed by atoms with E-state index in [0.717, 1.165) is 25.8 Å². The van der Waals surface area contributed by atoms with Gasteiger partial charge >= 0.3 is 0 Å². The number of nitro benzene ring substituents is 1. The zero-order valence-electron chi connectivity index (χ0n) is 12.5. The van der Waals surface area contributed by atoms with Gasteiger partial charge in [-0.25, -0.2) is 0 Å². The standard InChI is InChI=1S/C15H21N3O3/c1-3-9-16-12-6-5-10-17(15(12)19)13-7-4-8-14(11(13)2)18(20)21/h4,7-8,12,16H,3,5-6,9-10H2,1-2H3. The number of anilines is 1. The first-order valence-corrected chi connectivity index (χ1v) is 7.35. The van der Waals surface area contributed by atoms with Crippen molar-refractivity contribution in [3.8, 4) is 0 Å². The van der Waals surface area contributed by atoms with E-state index in [4.69, 9.17) is 0 Å². The summed E-state index contributed by atoms with van der Waals surface area (Å²) in [6, 6.07) is 4.71. The van der Waals surface area contributed by atoms with Gasteiger partial charge < -0.3 is 10.2 Å². The molecule has 1 fully saturated rings. The predicted molar refractivity (Wildman–Crippen MR) is 81.5 cm³/mol. The topological polar surface area (TPSA) is 75.5 Å². The quantitative estimate of drug-likeness (QED) is 0.667. The number of hydrogen-bond acceptors (Lipinski definition) is 4. The number of carbonyl (C=O) groups excluding carboxylic acids is 1. The van der Waals surface area contributed by atoms with Crippen LogP contribution in [0.15, 0.2) is 18.2 Å². The van der Waals surface area contributed by atoms with Crippen LogP contribution in [0.4, 0.5) is 11.4 Å². The summed E-state index contributed by atoms with van der Waals surface area (Å²) in [4.78, 5) is 24.9. The van der Waals surface area contributed by atoms with E-state index in [9.17, 15) is 14.9 Å². The van der Waals surface area contributed by atoms with E-state index < -0.39 is 4.92 Å². The smallest absolute Gasteiger partial charge is 0.274 e. The third-order valence-electron chi connectivity index (χ3n) is 3.84. The Labute approximate surface area is 124 Å². The van der Waals surface area contributed by atoms with Gasteiger partial charge in [-0.1, -0.05) is 13.0 Å². The Bertz CT molecular complexity index is 545. The van der Waals surface area contributed by atoms with E-state index in [2.05, 4.69) is 12.2 Å². The summed E-state index contributed by atoms with van der Waals surface area (Å²) in [5.74, 6) is 0.0123. The molecule has 0 saturated carbocycles. The fraction of sp³-hybridized carbons (Fsp3) is 0.533. The minimum atomic E-state index is -0.403. The summed E-state index contributed by atoms with van der Waals surface area (Å²) >= 11 is 0. The first-order chi connectivity index (χ1) is 10.1. The van der Waals surface area contributed by atoms with Gasteiger partial charge in [-0.05, 0) is 38.8 Å². The lowest BCUT2D eigenvalue weighted by atomic mass is 10.0. The summed E-state index contributed by atoms with van der Waals surface area (Å²) in [5, 5.41) is 14.3. The second kappa shape index (κ2) is 6.67. The molecular formula is C15H21N3O3.